The third-order valence-corrected chi connectivity index (χ3v) is 7.84. The SMILES string of the molecule is COc1cc(C2C3=C(CC(C)(C)CC3=O)NC3=C2C(=O)CC(C)(C)C3)ccc1OCc1ccc(C(=O)O)cc1. The van der Waals surface area contributed by atoms with Crippen LogP contribution in [0.15, 0.2) is 65.0 Å². The van der Waals surface area contributed by atoms with Crippen LogP contribution < -0.4 is 14.8 Å². The standard InChI is InChI=1S/C32H35NO6/c1-31(2)13-21-28(23(34)15-31)27(29-22(33-21)14-32(3,4)16-24(29)35)20-10-11-25(26(12-20)38-5)39-17-18-6-8-19(9-7-18)30(36)37/h6-12,27,33H,13-17H2,1-5H3,(H,36,37). The number of methoxy groups -OCH3 is 1. The molecule has 0 radical (unpaired) electrons. The van der Waals surface area contributed by atoms with Crippen LogP contribution in [0.4, 0.5) is 0 Å². The molecule has 0 atom stereocenters. The van der Waals surface area contributed by atoms with Crippen LogP contribution >= 0.6 is 0 Å². The van der Waals surface area contributed by atoms with Crippen molar-refractivity contribution in [1.29, 1.82) is 0 Å². The number of hydrogen-bond donors (Lipinski definition) is 2. The van der Waals surface area contributed by atoms with Crippen molar-refractivity contribution in [2.45, 2.75) is 65.9 Å². The van der Waals surface area contributed by atoms with Gasteiger partial charge in [-0.1, -0.05) is 45.9 Å². The maximum atomic E-state index is 13.6. The summed E-state index contributed by atoms with van der Waals surface area (Å²) in [6.07, 6.45) is 2.36. The van der Waals surface area contributed by atoms with Crippen LogP contribution in [0.3, 0.4) is 0 Å². The number of hydrogen-bond acceptors (Lipinski definition) is 6. The highest BCUT2D eigenvalue weighted by Gasteiger charge is 2.46. The monoisotopic (exact) mass is 529 g/mol. The zero-order chi connectivity index (χ0) is 28.1. The highest BCUT2D eigenvalue weighted by Crippen LogP contribution is 2.51. The van der Waals surface area contributed by atoms with Crippen LogP contribution in [0, 0.1) is 10.8 Å². The lowest BCUT2D eigenvalue weighted by Crippen LogP contribution is -2.42. The summed E-state index contributed by atoms with van der Waals surface area (Å²) in [5.41, 5.74) is 4.78. The van der Waals surface area contributed by atoms with Crippen molar-refractivity contribution in [3.63, 3.8) is 0 Å². The van der Waals surface area contributed by atoms with Gasteiger partial charge in [-0.2, -0.15) is 0 Å². The first-order chi connectivity index (χ1) is 18.4. The van der Waals surface area contributed by atoms with E-state index in [9.17, 15) is 14.4 Å². The summed E-state index contributed by atoms with van der Waals surface area (Å²) in [5.74, 6) is -0.249. The number of aromatic carboxylic acids is 1. The molecule has 204 valence electrons. The highest BCUT2D eigenvalue weighted by atomic mass is 16.5. The molecule has 2 aromatic rings. The van der Waals surface area contributed by atoms with Crippen molar-refractivity contribution < 1.29 is 29.0 Å². The first-order valence-corrected chi connectivity index (χ1v) is 13.3. The number of nitrogens with one attached hydrogen (secondary N) is 1. The van der Waals surface area contributed by atoms with Crippen molar-refractivity contribution in [2.75, 3.05) is 7.11 Å². The van der Waals surface area contributed by atoms with Gasteiger partial charge in [-0.15, -0.1) is 0 Å². The molecule has 5 rings (SSSR count). The number of benzene rings is 2. The van der Waals surface area contributed by atoms with Gasteiger partial charge in [-0.25, -0.2) is 4.79 Å². The molecule has 1 aliphatic heterocycles. The fraction of sp³-hybridized carbons (Fsp3) is 0.406. The second-order valence-corrected chi connectivity index (χ2v) is 12.4. The van der Waals surface area contributed by atoms with Gasteiger partial charge in [-0.3, -0.25) is 9.59 Å². The Hall–Kier alpha value is -3.87. The van der Waals surface area contributed by atoms with E-state index < -0.39 is 11.9 Å². The molecule has 2 N–H and O–H groups in total. The summed E-state index contributed by atoms with van der Waals surface area (Å²) in [6, 6.07) is 12.1. The molecular formula is C32H35NO6. The van der Waals surface area contributed by atoms with E-state index >= 15 is 0 Å². The lowest BCUT2D eigenvalue weighted by atomic mass is 9.64. The van der Waals surface area contributed by atoms with Gasteiger partial charge in [-0.05, 0) is 59.1 Å². The summed E-state index contributed by atoms with van der Waals surface area (Å²) in [7, 11) is 1.56. The van der Waals surface area contributed by atoms with Gasteiger partial charge in [0.05, 0.1) is 12.7 Å². The van der Waals surface area contributed by atoms with Crippen LogP contribution in [0.1, 0.15) is 80.8 Å². The highest BCUT2D eigenvalue weighted by molar-refractivity contribution is 6.06. The lowest BCUT2D eigenvalue weighted by molar-refractivity contribution is -0.119. The van der Waals surface area contributed by atoms with E-state index in [-0.39, 0.29) is 34.6 Å². The van der Waals surface area contributed by atoms with E-state index in [0.29, 0.717) is 35.5 Å². The molecule has 0 aromatic heterocycles. The summed E-state index contributed by atoms with van der Waals surface area (Å²) in [5, 5.41) is 12.7. The first-order valence-electron chi connectivity index (χ1n) is 13.3. The fourth-order valence-corrected chi connectivity index (χ4v) is 6.11. The molecular weight excluding hydrogens is 494 g/mol. The molecule has 7 heteroatoms. The van der Waals surface area contributed by atoms with Gasteiger partial charge in [0.2, 0.25) is 0 Å². The molecule has 1 heterocycles. The predicted molar refractivity (Wildman–Crippen MR) is 147 cm³/mol. The van der Waals surface area contributed by atoms with Crippen LogP contribution in [0.2, 0.25) is 0 Å². The molecule has 0 fully saturated rings. The second-order valence-electron chi connectivity index (χ2n) is 12.4. The Morgan fingerprint density at radius 3 is 1.95 bits per heavy atom. The number of carboxylic acid groups (broad SMARTS) is 1. The zero-order valence-corrected chi connectivity index (χ0v) is 23.1. The lowest BCUT2D eigenvalue weighted by Gasteiger charge is -2.44. The number of allylic oxidation sites excluding steroid dienone is 4. The van der Waals surface area contributed by atoms with Crippen LogP contribution in [-0.2, 0) is 16.2 Å². The van der Waals surface area contributed by atoms with Crippen molar-refractivity contribution in [3.05, 3.63) is 81.7 Å². The van der Waals surface area contributed by atoms with Crippen molar-refractivity contribution >= 4 is 17.5 Å². The topological polar surface area (TPSA) is 102 Å². The van der Waals surface area contributed by atoms with Crippen molar-refractivity contribution in [2.24, 2.45) is 10.8 Å². The normalized spacial score (nSPS) is 20.2. The number of Topliss-reactive ketones (excluding diaryl/α,β-unsaturated/α-hetero) is 2. The number of dihydropyridines is 1. The Morgan fingerprint density at radius 1 is 0.872 bits per heavy atom. The summed E-state index contributed by atoms with van der Waals surface area (Å²) in [4.78, 5) is 38.2. The van der Waals surface area contributed by atoms with Gasteiger partial charge in [0, 0.05) is 41.3 Å². The Bertz CT molecular complexity index is 1380. The Balaban J connectivity index is 1.51. The van der Waals surface area contributed by atoms with E-state index in [4.69, 9.17) is 14.6 Å². The number of carbonyl (C=O) groups excluding carboxylic acids is 2. The first kappa shape index (κ1) is 26.7. The van der Waals surface area contributed by atoms with E-state index in [0.717, 1.165) is 35.4 Å². The maximum absolute atomic E-state index is 13.6. The summed E-state index contributed by atoms with van der Waals surface area (Å²) < 4.78 is 11.7. The molecule has 0 saturated heterocycles. The molecule has 39 heavy (non-hydrogen) atoms. The zero-order valence-electron chi connectivity index (χ0n) is 23.1. The number of carboxylic acids is 1. The number of rotatable bonds is 6. The minimum atomic E-state index is -0.978. The maximum Gasteiger partial charge on any atom is 0.335 e. The quantitative estimate of drug-likeness (QED) is 0.477. The molecule has 0 saturated carbocycles. The van der Waals surface area contributed by atoms with E-state index in [2.05, 4.69) is 33.0 Å². The van der Waals surface area contributed by atoms with E-state index in [1.165, 1.54) is 0 Å². The predicted octanol–water partition coefficient (Wildman–Crippen LogP) is 5.95. The molecule has 7 nitrogen and oxygen atoms in total. The van der Waals surface area contributed by atoms with Gasteiger partial charge >= 0.3 is 5.97 Å². The number of carbonyl (C=O) groups is 3. The molecule has 0 bridgehead atoms. The van der Waals surface area contributed by atoms with Gasteiger partial charge < -0.3 is 19.9 Å². The van der Waals surface area contributed by atoms with E-state index in [1.54, 1.807) is 31.4 Å². The second kappa shape index (κ2) is 9.70. The average molecular weight is 530 g/mol. The molecule has 0 amide bonds. The Kier molecular flexibility index (Phi) is 6.65. The Labute approximate surface area is 228 Å². The minimum Gasteiger partial charge on any atom is -0.493 e. The molecule has 0 unspecified atom stereocenters. The molecule has 2 aliphatic carbocycles. The number of ketones is 2. The van der Waals surface area contributed by atoms with Crippen LogP contribution in [0.5, 0.6) is 11.5 Å². The minimum absolute atomic E-state index is 0.0760. The third kappa shape index (κ3) is 5.22. The van der Waals surface area contributed by atoms with E-state index in [1.807, 2.05) is 18.2 Å². The largest absolute Gasteiger partial charge is 0.493 e. The van der Waals surface area contributed by atoms with Gasteiger partial charge in [0.1, 0.15) is 6.61 Å². The molecule has 0 spiro atoms. The average Bonchev–Trinajstić information content (AvgIpc) is 2.84. The van der Waals surface area contributed by atoms with Crippen LogP contribution in [-0.4, -0.2) is 29.8 Å². The summed E-state index contributed by atoms with van der Waals surface area (Å²) >= 11 is 0. The molecule has 2 aromatic carbocycles. The van der Waals surface area contributed by atoms with Crippen molar-refractivity contribution in [1.82, 2.24) is 5.32 Å². The van der Waals surface area contributed by atoms with Gasteiger partial charge in [0.15, 0.2) is 23.1 Å². The van der Waals surface area contributed by atoms with Crippen molar-refractivity contribution in [3.8, 4) is 11.5 Å². The summed E-state index contributed by atoms with van der Waals surface area (Å²) in [6.45, 7) is 8.66. The Morgan fingerprint density at radius 2 is 1.44 bits per heavy atom. The fourth-order valence-electron chi connectivity index (χ4n) is 6.11. The number of ether oxygens (including phenoxy) is 2. The molecule has 3 aliphatic rings. The van der Waals surface area contributed by atoms with Gasteiger partial charge in [0.25, 0.3) is 0 Å². The third-order valence-electron chi connectivity index (χ3n) is 7.84. The van der Waals surface area contributed by atoms with Crippen LogP contribution in [0.25, 0.3) is 0 Å². The smallest absolute Gasteiger partial charge is 0.335 e.